The highest BCUT2D eigenvalue weighted by Gasteiger charge is 2.54. The van der Waals surface area contributed by atoms with Gasteiger partial charge in [-0.3, -0.25) is 4.79 Å². The van der Waals surface area contributed by atoms with Crippen LogP contribution in [0.25, 0.3) is 0 Å². The fourth-order valence-corrected chi connectivity index (χ4v) is 3.12. The number of ether oxygens (including phenoxy) is 2. The molecule has 1 aliphatic carbocycles. The van der Waals surface area contributed by atoms with Crippen LogP contribution in [0.15, 0.2) is 17.4 Å². The normalized spacial score (nSPS) is 28.7. The van der Waals surface area contributed by atoms with Gasteiger partial charge < -0.3 is 29.9 Å². The van der Waals surface area contributed by atoms with E-state index in [-0.39, 0.29) is 34.0 Å². The van der Waals surface area contributed by atoms with E-state index in [0.29, 0.717) is 5.56 Å². The van der Waals surface area contributed by atoms with Crippen molar-refractivity contribution in [3.05, 3.63) is 34.1 Å². The van der Waals surface area contributed by atoms with E-state index in [0.717, 1.165) is 0 Å². The van der Waals surface area contributed by atoms with Crippen LogP contribution < -0.4 is 4.74 Å². The van der Waals surface area contributed by atoms with Crippen molar-refractivity contribution in [3.63, 3.8) is 0 Å². The fraction of sp³-hybridized carbons (Fsp3) is 0.412. The minimum atomic E-state index is -2.08. The number of carbonyl (C=O) groups excluding carboxylic acids is 2. The molecule has 2 aliphatic rings. The molecule has 1 aromatic rings. The molecule has 0 radical (unpaired) electrons. The Balaban J connectivity index is 2.30. The van der Waals surface area contributed by atoms with Crippen molar-refractivity contribution >= 4 is 11.8 Å². The van der Waals surface area contributed by atoms with Gasteiger partial charge in [-0.15, -0.1) is 0 Å². The smallest absolute Gasteiger partial charge is 0.347 e. The third-order valence-electron chi connectivity index (χ3n) is 4.67. The summed E-state index contributed by atoms with van der Waals surface area (Å²) in [4.78, 5) is 24.7. The minimum absolute atomic E-state index is 0.0331. The van der Waals surface area contributed by atoms with Crippen molar-refractivity contribution in [1.82, 2.24) is 0 Å². The van der Waals surface area contributed by atoms with Crippen molar-refractivity contribution in [1.29, 1.82) is 0 Å². The van der Waals surface area contributed by atoms with Crippen LogP contribution in [0.1, 0.15) is 35.3 Å². The molecule has 3 atom stereocenters. The zero-order valence-electron chi connectivity index (χ0n) is 13.9. The standard InChI is InChI=1S/C17H18O8/c1-6-4-9(19)8(5-18)13-10(6)16(22)25-12-7(2)11(20)14(21)17(3,23)15(12)24-13/h4,14-15,18-19,21,23H,5H2,1-3H3. The molecular formula is C17H18O8. The molecule has 0 saturated heterocycles. The SMILES string of the molecule is CC1=C2OC(=O)c3c(C)cc(O)c(CO)c3OC2C(C)(O)C(O)C1=O. The van der Waals surface area contributed by atoms with Crippen LogP contribution in [0.5, 0.6) is 11.5 Å². The number of benzene rings is 1. The topological polar surface area (TPSA) is 134 Å². The summed E-state index contributed by atoms with van der Waals surface area (Å²) in [6, 6.07) is 1.28. The number of Topliss-reactive ketones (excluding diaryl/α,β-unsaturated/α-hetero) is 1. The Kier molecular flexibility index (Phi) is 3.86. The average Bonchev–Trinajstić information content (AvgIpc) is 2.69. The largest absolute Gasteiger partial charge is 0.507 e. The number of rotatable bonds is 1. The monoisotopic (exact) mass is 350 g/mol. The Bertz CT molecular complexity index is 820. The third kappa shape index (κ3) is 2.33. The Morgan fingerprint density at radius 1 is 1.28 bits per heavy atom. The lowest BCUT2D eigenvalue weighted by Gasteiger charge is -2.39. The van der Waals surface area contributed by atoms with Crippen molar-refractivity contribution in [3.8, 4) is 11.5 Å². The van der Waals surface area contributed by atoms with Gasteiger partial charge in [0.2, 0.25) is 0 Å². The summed E-state index contributed by atoms with van der Waals surface area (Å²) >= 11 is 0. The Hall–Kier alpha value is -2.42. The van der Waals surface area contributed by atoms with E-state index in [2.05, 4.69) is 0 Å². The molecule has 0 bridgehead atoms. The van der Waals surface area contributed by atoms with E-state index in [4.69, 9.17) is 9.47 Å². The lowest BCUT2D eigenvalue weighted by molar-refractivity contribution is -0.156. The first kappa shape index (κ1) is 17.4. The number of aliphatic hydroxyl groups excluding tert-OH is 2. The molecule has 0 amide bonds. The molecule has 0 fully saturated rings. The van der Waals surface area contributed by atoms with Crippen LogP contribution in [-0.2, 0) is 16.1 Å². The van der Waals surface area contributed by atoms with Crippen LogP contribution in [0.2, 0.25) is 0 Å². The predicted molar refractivity (Wildman–Crippen MR) is 82.9 cm³/mol. The van der Waals surface area contributed by atoms with Crippen molar-refractivity contribution in [2.45, 2.75) is 45.2 Å². The molecular weight excluding hydrogens is 332 g/mol. The number of carbonyl (C=O) groups is 2. The molecule has 0 saturated carbocycles. The molecule has 4 N–H and O–H groups in total. The number of phenols is 1. The van der Waals surface area contributed by atoms with Crippen LogP contribution in [-0.4, -0.2) is 50.0 Å². The molecule has 1 aliphatic heterocycles. The second-order valence-electron chi connectivity index (χ2n) is 6.42. The van der Waals surface area contributed by atoms with E-state index in [9.17, 15) is 30.0 Å². The van der Waals surface area contributed by atoms with Gasteiger partial charge in [-0.2, -0.15) is 0 Å². The van der Waals surface area contributed by atoms with E-state index in [1.807, 2.05) is 0 Å². The Labute approximate surface area is 142 Å². The van der Waals surface area contributed by atoms with Gasteiger partial charge >= 0.3 is 5.97 Å². The minimum Gasteiger partial charge on any atom is -0.507 e. The van der Waals surface area contributed by atoms with Crippen molar-refractivity contribution in [2.24, 2.45) is 0 Å². The summed E-state index contributed by atoms with van der Waals surface area (Å²) in [5, 5.41) is 40.3. The van der Waals surface area contributed by atoms with Gasteiger partial charge in [0.15, 0.2) is 17.6 Å². The number of aromatic hydroxyl groups is 1. The number of aliphatic hydroxyl groups is 3. The first-order valence-corrected chi connectivity index (χ1v) is 7.61. The van der Waals surface area contributed by atoms with E-state index in [1.54, 1.807) is 6.92 Å². The van der Waals surface area contributed by atoms with Gasteiger partial charge in [0.25, 0.3) is 0 Å². The van der Waals surface area contributed by atoms with Gasteiger partial charge in [-0.1, -0.05) is 0 Å². The average molecular weight is 350 g/mol. The second-order valence-corrected chi connectivity index (χ2v) is 6.42. The summed E-state index contributed by atoms with van der Waals surface area (Å²) in [5.74, 6) is -2.27. The summed E-state index contributed by atoms with van der Waals surface area (Å²) < 4.78 is 11.0. The molecule has 0 aromatic heterocycles. The number of hydrogen-bond donors (Lipinski definition) is 4. The molecule has 1 aromatic carbocycles. The lowest BCUT2D eigenvalue weighted by Crippen LogP contribution is -2.59. The molecule has 1 heterocycles. The maximum Gasteiger partial charge on any atom is 0.347 e. The van der Waals surface area contributed by atoms with E-state index < -0.39 is 36.2 Å². The fourth-order valence-electron chi connectivity index (χ4n) is 3.12. The zero-order valence-corrected chi connectivity index (χ0v) is 13.9. The Morgan fingerprint density at radius 2 is 1.92 bits per heavy atom. The van der Waals surface area contributed by atoms with Crippen LogP contribution >= 0.6 is 0 Å². The molecule has 8 nitrogen and oxygen atoms in total. The van der Waals surface area contributed by atoms with Crippen LogP contribution in [0.4, 0.5) is 0 Å². The van der Waals surface area contributed by atoms with Crippen LogP contribution in [0.3, 0.4) is 0 Å². The third-order valence-corrected chi connectivity index (χ3v) is 4.67. The van der Waals surface area contributed by atoms with E-state index >= 15 is 0 Å². The van der Waals surface area contributed by atoms with Gasteiger partial charge in [0.1, 0.15) is 28.8 Å². The van der Waals surface area contributed by atoms with Gasteiger partial charge in [-0.25, -0.2) is 4.79 Å². The second kappa shape index (κ2) is 5.55. The van der Waals surface area contributed by atoms with Crippen molar-refractivity contribution < 1.29 is 39.5 Å². The molecule has 8 heteroatoms. The lowest BCUT2D eigenvalue weighted by atomic mass is 9.80. The number of aryl methyl sites for hydroxylation is 1. The highest BCUT2D eigenvalue weighted by Crippen LogP contribution is 2.43. The van der Waals surface area contributed by atoms with Gasteiger partial charge in [-0.05, 0) is 32.4 Å². The number of ketones is 1. The highest BCUT2D eigenvalue weighted by atomic mass is 16.6. The number of esters is 1. The molecule has 3 unspecified atom stereocenters. The van der Waals surface area contributed by atoms with Crippen LogP contribution in [0, 0.1) is 6.92 Å². The van der Waals surface area contributed by atoms with E-state index in [1.165, 1.54) is 19.9 Å². The summed E-state index contributed by atoms with van der Waals surface area (Å²) in [6.45, 7) is 3.45. The highest BCUT2D eigenvalue weighted by molar-refractivity contribution is 6.03. The molecule has 0 spiro atoms. The quantitative estimate of drug-likeness (QED) is 0.523. The Morgan fingerprint density at radius 3 is 2.52 bits per heavy atom. The van der Waals surface area contributed by atoms with Gasteiger partial charge in [0, 0.05) is 5.57 Å². The summed E-state index contributed by atoms with van der Waals surface area (Å²) in [6.07, 6.45) is -3.16. The molecule has 3 rings (SSSR count). The van der Waals surface area contributed by atoms with Crippen molar-refractivity contribution in [2.75, 3.05) is 0 Å². The number of fused-ring (bicyclic) bond motifs is 2. The summed E-state index contributed by atoms with van der Waals surface area (Å²) in [5.41, 5.74) is -1.89. The first-order chi connectivity index (χ1) is 11.6. The molecule has 134 valence electrons. The number of hydrogen-bond acceptors (Lipinski definition) is 8. The zero-order chi connectivity index (χ0) is 18.7. The molecule has 25 heavy (non-hydrogen) atoms. The first-order valence-electron chi connectivity index (χ1n) is 7.61. The predicted octanol–water partition coefficient (Wildman–Crippen LogP) is 0.0793. The van der Waals surface area contributed by atoms with Gasteiger partial charge in [0.05, 0.1) is 12.2 Å². The maximum atomic E-state index is 12.6. The maximum absolute atomic E-state index is 12.6. The summed E-state index contributed by atoms with van der Waals surface area (Å²) in [7, 11) is 0.